The van der Waals surface area contributed by atoms with Crippen LogP contribution < -0.4 is 16.0 Å². The highest BCUT2D eigenvalue weighted by Crippen LogP contribution is 2.41. The molecule has 4 aromatic rings. The second-order valence-electron chi connectivity index (χ2n) is 8.93. The number of hydrogen-bond donors (Lipinski definition) is 5. The Morgan fingerprint density at radius 2 is 1.55 bits per heavy atom. The van der Waals surface area contributed by atoms with Crippen LogP contribution in [0.2, 0.25) is 20.1 Å². The lowest BCUT2D eigenvalue weighted by molar-refractivity contribution is -0.417. The van der Waals surface area contributed by atoms with Gasteiger partial charge in [-0.3, -0.25) is 15.5 Å². The largest absolute Gasteiger partial charge is 0.870 e. The topological polar surface area (TPSA) is 193 Å². The number of nitro groups is 1. The molecule has 0 aliphatic carbocycles. The molecule has 6 N–H and O–H groups in total. The number of anilines is 2. The van der Waals surface area contributed by atoms with E-state index >= 15 is 0 Å². The van der Waals surface area contributed by atoms with Crippen LogP contribution in [-0.4, -0.2) is 32.5 Å². The molecular formula is C28H21Cl4F3N6O6. The van der Waals surface area contributed by atoms with Gasteiger partial charge in [-0.05, 0) is 54.6 Å². The van der Waals surface area contributed by atoms with Crippen LogP contribution in [-0.2, 0) is 6.18 Å². The number of rotatable bonds is 8. The molecule has 0 spiro atoms. The fourth-order valence-corrected chi connectivity index (χ4v) is 4.57. The number of nitrogens with zero attached hydrogens (tertiary/aromatic N) is 3. The number of hydrazine groups is 1. The maximum absolute atomic E-state index is 12.8. The zero-order valence-electron chi connectivity index (χ0n) is 23.5. The first-order valence-electron chi connectivity index (χ1n) is 12.4. The van der Waals surface area contributed by atoms with Gasteiger partial charge in [-0.2, -0.15) is 23.7 Å². The van der Waals surface area contributed by atoms with E-state index in [1.54, 1.807) is 13.0 Å². The van der Waals surface area contributed by atoms with Crippen LogP contribution in [0.1, 0.15) is 23.6 Å². The minimum atomic E-state index is -4.91. The summed E-state index contributed by atoms with van der Waals surface area (Å²) >= 11 is 23.3. The summed E-state index contributed by atoms with van der Waals surface area (Å²) in [4.78, 5) is 20.8. The molecule has 0 saturated heterocycles. The van der Waals surface area contributed by atoms with E-state index in [0.29, 0.717) is 22.4 Å². The van der Waals surface area contributed by atoms with Crippen molar-refractivity contribution in [1.29, 1.82) is 0 Å². The number of hydrazone groups is 2. The van der Waals surface area contributed by atoms with Crippen LogP contribution in [0, 0.1) is 15.0 Å². The average molecular weight is 736 g/mol. The second-order valence-corrected chi connectivity index (χ2v) is 10.6. The molecule has 0 aliphatic heterocycles. The van der Waals surface area contributed by atoms with Crippen molar-refractivity contribution >= 4 is 81.1 Å². The molecule has 0 aliphatic rings. The Morgan fingerprint density at radius 1 is 0.957 bits per heavy atom. The van der Waals surface area contributed by atoms with Crippen LogP contribution in [0.15, 0.2) is 77.0 Å². The molecule has 19 heteroatoms. The monoisotopic (exact) mass is 734 g/mol. The number of halogens is 7. The quantitative estimate of drug-likeness (QED) is 0.0521. The van der Waals surface area contributed by atoms with Crippen molar-refractivity contribution in [2.24, 2.45) is 10.3 Å². The average Bonchev–Trinajstić information content (AvgIpc) is 3.00. The van der Waals surface area contributed by atoms with Gasteiger partial charge in [-0.25, -0.2) is 0 Å². The second kappa shape index (κ2) is 16.8. The summed E-state index contributed by atoms with van der Waals surface area (Å²) in [6.45, 7) is 1.76. The number of aromatic hydroxyl groups is 2. The lowest BCUT2D eigenvalue weighted by atomic mass is 10.1. The van der Waals surface area contributed by atoms with E-state index < -0.39 is 33.7 Å². The Bertz CT molecular complexity index is 1830. The summed E-state index contributed by atoms with van der Waals surface area (Å²) in [5.74, 6) is -0.395. The Labute approximate surface area is 283 Å². The highest BCUT2D eigenvalue weighted by atomic mass is 35.5. The molecule has 47 heavy (non-hydrogen) atoms. The van der Waals surface area contributed by atoms with Crippen molar-refractivity contribution in [2.75, 3.05) is 10.9 Å². The molecule has 0 bridgehead atoms. The minimum Gasteiger partial charge on any atom is -0.870 e. The molecule has 0 unspecified atom stereocenters. The van der Waals surface area contributed by atoms with Crippen molar-refractivity contribution in [3.05, 3.63) is 119 Å². The minimum absolute atomic E-state index is 0. The number of hydrogen-bond acceptors (Lipinski definition) is 10. The van der Waals surface area contributed by atoms with Crippen molar-refractivity contribution in [3.63, 3.8) is 0 Å². The van der Waals surface area contributed by atoms with Gasteiger partial charge in [0, 0.05) is 21.7 Å². The van der Waals surface area contributed by atoms with Gasteiger partial charge >= 0.3 is 11.9 Å². The van der Waals surface area contributed by atoms with Gasteiger partial charge in [0.15, 0.2) is 0 Å². The van der Waals surface area contributed by atoms with E-state index in [9.17, 15) is 38.4 Å². The number of alkyl halides is 3. The normalized spacial score (nSPS) is 11.3. The van der Waals surface area contributed by atoms with Crippen molar-refractivity contribution in [2.45, 2.75) is 13.1 Å². The van der Waals surface area contributed by atoms with Gasteiger partial charge in [0.25, 0.3) is 0 Å². The Hall–Kier alpha value is -4.67. The van der Waals surface area contributed by atoms with E-state index in [0.717, 1.165) is 11.9 Å². The van der Waals surface area contributed by atoms with Crippen LogP contribution in [0.4, 0.5) is 35.9 Å². The lowest BCUT2D eigenvalue weighted by Gasteiger charge is -2.08. The van der Waals surface area contributed by atoms with Crippen molar-refractivity contribution in [1.82, 2.24) is 0 Å². The Kier molecular flexibility index (Phi) is 13.7. The highest BCUT2D eigenvalue weighted by Gasteiger charge is 2.35. The number of phenolic OH excluding ortho intramolecular Hbond substituents is 2. The van der Waals surface area contributed by atoms with E-state index in [2.05, 4.69) is 26.2 Å². The number of phenols is 2. The van der Waals surface area contributed by atoms with E-state index in [1.807, 2.05) is 30.3 Å². The first-order valence-corrected chi connectivity index (χ1v) is 13.9. The molecule has 248 valence electrons. The third kappa shape index (κ3) is 10.4. The molecule has 0 amide bonds. The molecule has 0 radical (unpaired) electrons. The van der Waals surface area contributed by atoms with Crippen LogP contribution in [0.5, 0.6) is 11.5 Å². The maximum atomic E-state index is 12.8. The Balaban J connectivity index is 0.000000338. The van der Waals surface area contributed by atoms with Crippen molar-refractivity contribution in [3.8, 4) is 11.5 Å². The van der Waals surface area contributed by atoms with E-state index in [1.165, 1.54) is 18.2 Å². The Morgan fingerprint density at radius 3 is 2.13 bits per heavy atom. The van der Waals surface area contributed by atoms with Gasteiger partial charge in [0.2, 0.25) is 11.9 Å². The smallest absolute Gasteiger partial charge is 0.416 e. The SMILES string of the molecule is C/C(=N\Nc1ccccc1)c1cc(Cl)cc(Cl)c1O.O=Nc1cc(C(F)(F)F)cc([N+](=O)[O-])c1N/[NH+]=C/c1cc(Cl)cc(Cl)c1O.[OH-]. The van der Waals surface area contributed by atoms with Gasteiger partial charge in [-0.1, -0.05) is 64.6 Å². The van der Waals surface area contributed by atoms with Gasteiger partial charge in [0.1, 0.15) is 17.2 Å². The van der Waals surface area contributed by atoms with Gasteiger partial charge in [0.05, 0.1) is 37.5 Å². The number of benzene rings is 4. The zero-order chi connectivity index (χ0) is 34.2. The summed E-state index contributed by atoms with van der Waals surface area (Å²) in [5, 5.41) is 40.4. The molecule has 0 aromatic heterocycles. The zero-order valence-corrected chi connectivity index (χ0v) is 26.5. The van der Waals surface area contributed by atoms with E-state index in [4.69, 9.17) is 46.4 Å². The molecular weight excluding hydrogens is 715 g/mol. The number of nitroso groups, excluding NO2 is 1. The molecule has 0 saturated carbocycles. The lowest BCUT2D eigenvalue weighted by Crippen LogP contribution is -2.74. The molecule has 0 atom stereocenters. The summed E-state index contributed by atoms with van der Waals surface area (Å²) in [6, 6.07) is 15.8. The maximum Gasteiger partial charge on any atom is 0.416 e. The van der Waals surface area contributed by atoms with Crippen molar-refractivity contribution < 1.29 is 38.9 Å². The third-order valence-corrected chi connectivity index (χ3v) is 6.76. The van der Waals surface area contributed by atoms with E-state index in [-0.39, 0.29) is 43.7 Å². The first-order chi connectivity index (χ1) is 21.6. The summed E-state index contributed by atoms with van der Waals surface area (Å²) in [6.07, 6.45) is -3.84. The molecule has 4 rings (SSSR count). The first kappa shape index (κ1) is 38.5. The predicted octanol–water partition coefficient (Wildman–Crippen LogP) is 7.91. The fraction of sp³-hybridized carbons (Fsp3) is 0.0714. The summed E-state index contributed by atoms with van der Waals surface area (Å²) < 4.78 is 38.4. The number of nitro benzene ring substituents is 1. The number of nitrogens with one attached hydrogen (secondary N) is 3. The third-order valence-electron chi connectivity index (χ3n) is 5.75. The standard InChI is InChI=1S/C14H7Cl2F3N4O4.C14H12Cl2N2O.H2O/c15-8-1-6(13(24)9(16)4-8)5-20-21-12-10(22-25)2-7(14(17,18)19)3-11(12)23(26)27;1-9(17-18-11-5-3-2-4-6-11)12-7-10(15)8-13(16)14(12)19;/h1-5,21,24H;2-8,18-19H,1H3;1H2/b20-5+;17-9+;. The molecule has 0 fully saturated rings. The molecule has 12 nitrogen and oxygen atoms in total. The van der Waals surface area contributed by atoms with Crippen LogP contribution in [0.3, 0.4) is 0 Å². The summed E-state index contributed by atoms with van der Waals surface area (Å²) in [5.41, 5.74) is 3.23. The molecule has 0 heterocycles. The van der Waals surface area contributed by atoms with Crippen LogP contribution >= 0.6 is 46.4 Å². The van der Waals surface area contributed by atoms with Gasteiger partial charge in [-0.15, -0.1) is 10.0 Å². The highest BCUT2D eigenvalue weighted by molar-refractivity contribution is 6.37. The van der Waals surface area contributed by atoms with Crippen LogP contribution in [0.25, 0.3) is 0 Å². The molecule has 4 aromatic carbocycles. The summed E-state index contributed by atoms with van der Waals surface area (Å²) in [7, 11) is 0. The van der Waals surface area contributed by atoms with Gasteiger partial charge < -0.3 is 15.7 Å². The predicted molar refractivity (Wildman–Crippen MR) is 174 cm³/mol. The fourth-order valence-electron chi connectivity index (χ4n) is 3.56. The number of para-hydroxylation sites is 1.